The lowest BCUT2D eigenvalue weighted by Gasteiger charge is -2.30. The second kappa shape index (κ2) is 9.51. The molecule has 1 heterocycles. The Balaban J connectivity index is 1.60. The molecule has 3 rings (SSSR count). The van der Waals surface area contributed by atoms with Gasteiger partial charge in [0, 0.05) is 17.7 Å². The van der Waals surface area contributed by atoms with Crippen LogP contribution in [-0.2, 0) is 16.1 Å². The van der Waals surface area contributed by atoms with E-state index < -0.39 is 0 Å². The molecular formula is C23H28N2O3. The Morgan fingerprint density at radius 2 is 1.86 bits per heavy atom. The van der Waals surface area contributed by atoms with E-state index >= 15 is 0 Å². The second-order valence-corrected chi connectivity index (χ2v) is 7.32. The Morgan fingerprint density at radius 1 is 1.14 bits per heavy atom. The average Bonchev–Trinajstić information content (AvgIpc) is 2.71. The van der Waals surface area contributed by atoms with Crippen molar-refractivity contribution in [3.8, 4) is 0 Å². The van der Waals surface area contributed by atoms with Crippen LogP contribution in [0.25, 0.3) is 0 Å². The molecule has 1 aliphatic heterocycles. The Hall–Kier alpha value is -2.66. The summed E-state index contributed by atoms with van der Waals surface area (Å²) in [6.07, 6.45) is 1.71. The average molecular weight is 380 g/mol. The van der Waals surface area contributed by atoms with Gasteiger partial charge in [-0.05, 0) is 51.4 Å². The first-order chi connectivity index (χ1) is 13.6. The molecule has 0 aliphatic carbocycles. The molecule has 28 heavy (non-hydrogen) atoms. The molecule has 1 fully saturated rings. The van der Waals surface area contributed by atoms with Gasteiger partial charge < -0.3 is 9.94 Å². The van der Waals surface area contributed by atoms with Crippen LogP contribution in [0.3, 0.4) is 0 Å². The van der Waals surface area contributed by atoms with Gasteiger partial charge >= 0.3 is 5.97 Å². The summed E-state index contributed by atoms with van der Waals surface area (Å²) < 4.78 is 5.14. The molecule has 0 unspecified atom stereocenters. The van der Waals surface area contributed by atoms with Gasteiger partial charge in [0.05, 0.1) is 12.5 Å². The van der Waals surface area contributed by atoms with Crippen molar-refractivity contribution < 1.29 is 14.7 Å². The van der Waals surface area contributed by atoms with E-state index in [1.165, 1.54) is 5.56 Å². The van der Waals surface area contributed by atoms with Crippen LogP contribution in [0.4, 0.5) is 0 Å². The van der Waals surface area contributed by atoms with Gasteiger partial charge in [-0.2, -0.15) is 0 Å². The van der Waals surface area contributed by atoms with Crippen LogP contribution in [-0.4, -0.2) is 41.5 Å². The van der Waals surface area contributed by atoms with E-state index in [-0.39, 0.29) is 11.9 Å². The maximum absolute atomic E-state index is 11.9. The van der Waals surface area contributed by atoms with Gasteiger partial charge in [-0.15, -0.1) is 0 Å². The first-order valence-corrected chi connectivity index (χ1v) is 9.88. The number of esters is 1. The minimum Gasteiger partial charge on any atom is -0.466 e. The van der Waals surface area contributed by atoms with Gasteiger partial charge in [0.1, 0.15) is 5.71 Å². The van der Waals surface area contributed by atoms with Crippen molar-refractivity contribution in [3.05, 3.63) is 70.8 Å². The van der Waals surface area contributed by atoms with E-state index in [1.54, 1.807) is 0 Å². The van der Waals surface area contributed by atoms with Crippen molar-refractivity contribution in [3.63, 3.8) is 0 Å². The summed E-state index contributed by atoms with van der Waals surface area (Å²) in [6, 6.07) is 16.1. The second-order valence-electron chi connectivity index (χ2n) is 7.32. The topological polar surface area (TPSA) is 62.1 Å². The number of likely N-dealkylation sites (tertiary alicyclic amines) is 1. The van der Waals surface area contributed by atoms with E-state index in [9.17, 15) is 10.0 Å². The number of hydrogen-bond acceptors (Lipinski definition) is 5. The number of rotatable bonds is 6. The third kappa shape index (κ3) is 4.98. The summed E-state index contributed by atoms with van der Waals surface area (Å²) in [7, 11) is 0. The number of nitrogens with zero attached hydrogens (tertiary/aromatic N) is 2. The number of aryl methyl sites for hydroxylation is 1. The fraction of sp³-hybridized carbons (Fsp3) is 0.391. The molecule has 0 bridgehead atoms. The van der Waals surface area contributed by atoms with Gasteiger partial charge in [-0.1, -0.05) is 53.2 Å². The van der Waals surface area contributed by atoms with E-state index in [0.29, 0.717) is 12.3 Å². The zero-order valence-electron chi connectivity index (χ0n) is 16.6. The first kappa shape index (κ1) is 20.1. The highest BCUT2D eigenvalue weighted by molar-refractivity contribution is 6.12. The molecule has 0 amide bonds. The normalized spacial score (nSPS) is 16.1. The smallest absolute Gasteiger partial charge is 0.309 e. The molecule has 1 saturated heterocycles. The molecule has 1 N–H and O–H groups in total. The molecule has 5 heteroatoms. The lowest BCUT2D eigenvalue weighted by Crippen LogP contribution is -2.36. The molecule has 0 aromatic heterocycles. The summed E-state index contributed by atoms with van der Waals surface area (Å²) >= 11 is 0. The Morgan fingerprint density at radius 3 is 2.46 bits per heavy atom. The highest BCUT2D eigenvalue weighted by Gasteiger charge is 2.25. The molecule has 1 aliphatic rings. The van der Waals surface area contributed by atoms with Crippen LogP contribution >= 0.6 is 0 Å². The SMILES string of the molecule is CCOC(=O)C1CCN(Cc2ccc(/C(=N\O)c3cccc(C)c3)cc2)CC1. The molecule has 148 valence electrons. The van der Waals surface area contributed by atoms with Crippen molar-refractivity contribution >= 4 is 11.7 Å². The maximum Gasteiger partial charge on any atom is 0.309 e. The third-order valence-corrected chi connectivity index (χ3v) is 5.23. The van der Waals surface area contributed by atoms with Crippen LogP contribution in [0.2, 0.25) is 0 Å². The quantitative estimate of drug-likeness (QED) is 0.356. The van der Waals surface area contributed by atoms with Crippen LogP contribution in [0, 0.1) is 12.8 Å². The van der Waals surface area contributed by atoms with E-state index in [1.807, 2.05) is 50.2 Å². The number of oxime groups is 1. The molecule has 0 saturated carbocycles. The monoisotopic (exact) mass is 380 g/mol. The maximum atomic E-state index is 11.9. The molecule has 2 aromatic rings. The molecule has 5 nitrogen and oxygen atoms in total. The molecular weight excluding hydrogens is 352 g/mol. The zero-order valence-corrected chi connectivity index (χ0v) is 16.6. The first-order valence-electron chi connectivity index (χ1n) is 9.88. The molecule has 2 aromatic carbocycles. The fourth-order valence-corrected chi connectivity index (χ4v) is 3.69. The van der Waals surface area contributed by atoms with Crippen LogP contribution < -0.4 is 0 Å². The Kier molecular flexibility index (Phi) is 6.82. The fourth-order valence-electron chi connectivity index (χ4n) is 3.69. The minimum atomic E-state index is -0.0570. The van der Waals surface area contributed by atoms with Gasteiger partial charge in [0.15, 0.2) is 0 Å². The highest BCUT2D eigenvalue weighted by Crippen LogP contribution is 2.21. The standard InChI is InChI=1S/C23H28N2O3/c1-3-28-23(26)20-11-13-25(14-12-20)16-18-7-9-19(10-8-18)22(24-27)21-6-4-5-17(2)15-21/h4-10,15,20,27H,3,11-14,16H2,1-2H3/b24-22+. The van der Waals surface area contributed by atoms with Crippen molar-refractivity contribution in [2.75, 3.05) is 19.7 Å². The molecule has 0 radical (unpaired) electrons. The van der Waals surface area contributed by atoms with E-state index in [0.717, 1.165) is 49.2 Å². The van der Waals surface area contributed by atoms with Crippen LogP contribution in [0.5, 0.6) is 0 Å². The van der Waals surface area contributed by atoms with Crippen molar-refractivity contribution in [1.29, 1.82) is 0 Å². The van der Waals surface area contributed by atoms with Crippen LogP contribution in [0.1, 0.15) is 42.0 Å². The summed E-state index contributed by atoms with van der Waals surface area (Å²) in [4.78, 5) is 14.2. The van der Waals surface area contributed by atoms with E-state index in [4.69, 9.17) is 4.74 Å². The third-order valence-electron chi connectivity index (χ3n) is 5.23. The largest absolute Gasteiger partial charge is 0.466 e. The minimum absolute atomic E-state index is 0.0382. The predicted octanol–water partition coefficient (Wildman–Crippen LogP) is 4.00. The van der Waals surface area contributed by atoms with E-state index in [2.05, 4.69) is 22.2 Å². The number of hydrogen-bond donors (Lipinski definition) is 1. The number of benzene rings is 2. The van der Waals surface area contributed by atoms with Gasteiger partial charge in [0.2, 0.25) is 0 Å². The lowest BCUT2D eigenvalue weighted by molar-refractivity contribution is -0.149. The summed E-state index contributed by atoms with van der Waals surface area (Å²) in [6.45, 7) is 6.98. The van der Waals surface area contributed by atoms with Gasteiger partial charge in [-0.3, -0.25) is 9.69 Å². The molecule has 0 spiro atoms. The Labute approximate surface area is 166 Å². The summed E-state index contributed by atoms with van der Waals surface area (Å²) in [5.74, 6) is -0.0188. The number of ether oxygens (including phenoxy) is 1. The number of piperidine rings is 1. The van der Waals surface area contributed by atoms with Crippen molar-refractivity contribution in [2.45, 2.75) is 33.2 Å². The van der Waals surface area contributed by atoms with Crippen molar-refractivity contribution in [2.24, 2.45) is 11.1 Å². The summed E-state index contributed by atoms with van der Waals surface area (Å²) in [5, 5.41) is 13.0. The van der Waals surface area contributed by atoms with Gasteiger partial charge in [0.25, 0.3) is 0 Å². The Bertz CT molecular complexity index is 822. The number of carbonyl (C=O) groups is 1. The number of carbonyl (C=O) groups excluding carboxylic acids is 1. The summed E-state index contributed by atoms with van der Waals surface area (Å²) in [5.41, 5.74) is 4.70. The lowest BCUT2D eigenvalue weighted by atomic mass is 9.96. The highest BCUT2D eigenvalue weighted by atomic mass is 16.5. The predicted molar refractivity (Wildman–Crippen MR) is 110 cm³/mol. The van der Waals surface area contributed by atoms with Gasteiger partial charge in [-0.25, -0.2) is 0 Å². The zero-order chi connectivity index (χ0) is 19.9. The van der Waals surface area contributed by atoms with Crippen molar-refractivity contribution in [1.82, 2.24) is 4.90 Å². The molecule has 0 atom stereocenters. The van der Waals surface area contributed by atoms with Crippen LogP contribution in [0.15, 0.2) is 53.7 Å².